The lowest BCUT2D eigenvalue weighted by molar-refractivity contribution is -0.0162. The van der Waals surface area contributed by atoms with Gasteiger partial charge in [-0.25, -0.2) is 0 Å². The molecule has 0 atom stereocenters. The molecular weight excluding hydrogens is 232 g/mol. The molecule has 1 heterocycles. The number of allylic oxidation sites excluding steroid dienone is 1. The fraction of sp³-hybridized carbons (Fsp3) is 0.882. The van der Waals surface area contributed by atoms with Crippen molar-refractivity contribution in [1.29, 1.82) is 0 Å². The van der Waals surface area contributed by atoms with Crippen LogP contribution in [0, 0.1) is 29.6 Å². The molecule has 19 heavy (non-hydrogen) atoms. The number of rotatable bonds is 3. The van der Waals surface area contributed by atoms with Crippen LogP contribution in [-0.4, -0.2) is 37.6 Å². The summed E-state index contributed by atoms with van der Waals surface area (Å²) < 4.78 is 0. The van der Waals surface area contributed by atoms with Gasteiger partial charge in [0.05, 0.1) is 0 Å². The molecule has 0 radical (unpaired) electrons. The number of nitrogens with one attached hydrogen (secondary N) is 1. The Morgan fingerprint density at radius 1 is 0.895 bits per heavy atom. The second-order valence-corrected chi connectivity index (χ2v) is 7.49. The monoisotopic (exact) mass is 260 g/mol. The first-order valence-corrected chi connectivity index (χ1v) is 8.48. The lowest BCUT2D eigenvalue weighted by Crippen LogP contribution is -2.45. The van der Waals surface area contributed by atoms with Crippen LogP contribution in [0.3, 0.4) is 0 Å². The zero-order chi connectivity index (χ0) is 12.7. The van der Waals surface area contributed by atoms with Gasteiger partial charge >= 0.3 is 0 Å². The third kappa shape index (κ3) is 2.50. The van der Waals surface area contributed by atoms with E-state index in [1.54, 1.807) is 32.1 Å². The second kappa shape index (κ2) is 5.21. The lowest BCUT2D eigenvalue weighted by Gasteiger charge is -2.53. The van der Waals surface area contributed by atoms with E-state index < -0.39 is 0 Å². The molecule has 0 aromatic carbocycles. The molecule has 2 nitrogen and oxygen atoms in total. The molecule has 106 valence electrons. The summed E-state index contributed by atoms with van der Waals surface area (Å²) in [7, 11) is 0. The van der Waals surface area contributed by atoms with Gasteiger partial charge in [-0.3, -0.25) is 4.90 Å². The first-order valence-electron chi connectivity index (χ1n) is 8.48. The quantitative estimate of drug-likeness (QED) is 0.785. The van der Waals surface area contributed by atoms with Crippen LogP contribution in [0.1, 0.15) is 32.1 Å². The summed E-state index contributed by atoms with van der Waals surface area (Å²) in [5.41, 5.74) is 0. The van der Waals surface area contributed by atoms with E-state index in [0.29, 0.717) is 0 Å². The highest BCUT2D eigenvalue weighted by atomic mass is 15.2. The topological polar surface area (TPSA) is 15.3 Å². The van der Waals surface area contributed by atoms with Crippen molar-refractivity contribution in [2.75, 3.05) is 32.7 Å². The summed E-state index contributed by atoms with van der Waals surface area (Å²) in [5, 5.41) is 3.43. The highest BCUT2D eigenvalue weighted by molar-refractivity contribution is 5.06. The molecule has 0 aromatic heterocycles. The molecule has 5 aliphatic rings. The highest BCUT2D eigenvalue weighted by Crippen LogP contribution is 2.56. The zero-order valence-electron chi connectivity index (χ0n) is 12.1. The Balaban J connectivity index is 1.34. The van der Waals surface area contributed by atoms with E-state index in [4.69, 9.17) is 0 Å². The molecule has 1 saturated heterocycles. The number of nitrogens with zero attached hydrogens (tertiary/aromatic N) is 1. The van der Waals surface area contributed by atoms with Crippen molar-refractivity contribution in [2.45, 2.75) is 32.1 Å². The molecule has 1 N–H and O–H groups in total. The van der Waals surface area contributed by atoms with E-state index >= 15 is 0 Å². The molecule has 4 bridgehead atoms. The van der Waals surface area contributed by atoms with Gasteiger partial charge in [-0.15, -0.1) is 0 Å². The van der Waals surface area contributed by atoms with Gasteiger partial charge in [0, 0.05) is 32.7 Å². The number of hydrogen-bond donors (Lipinski definition) is 1. The van der Waals surface area contributed by atoms with Crippen LogP contribution in [0.5, 0.6) is 0 Å². The van der Waals surface area contributed by atoms with Crippen LogP contribution in [0.2, 0.25) is 0 Å². The average molecular weight is 260 g/mol. The summed E-state index contributed by atoms with van der Waals surface area (Å²) in [6.45, 7) is 5.99. The van der Waals surface area contributed by atoms with Crippen LogP contribution in [0.25, 0.3) is 0 Å². The van der Waals surface area contributed by atoms with E-state index in [9.17, 15) is 0 Å². The average Bonchev–Trinajstić information content (AvgIpc) is 2.42. The highest BCUT2D eigenvalue weighted by Gasteiger charge is 2.46. The molecular formula is C17H28N2. The van der Waals surface area contributed by atoms with Gasteiger partial charge in [0.25, 0.3) is 0 Å². The fourth-order valence-corrected chi connectivity index (χ4v) is 5.54. The van der Waals surface area contributed by atoms with Crippen molar-refractivity contribution in [1.82, 2.24) is 10.2 Å². The summed E-state index contributed by atoms with van der Waals surface area (Å²) in [5.74, 6) is 5.27. The van der Waals surface area contributed by atoms with Crippen molar-refractivity contribution >= 4 is 0 Å². The van der Waals surface area contributed by atoms with Crippen LogP contribution >= 0.6 is 0 Å². The van der Waals surface area contributed by atoms with Crippen molar-refractivity contribution in [3.8, 4) is 0 Å². The predicted molar refractivity (Wildman–Crippen MR) is 79.0 cm³/mol. The molecule has 4 aliphatic carbocycles. The molecule has 2 heteroatoms. The molecule has 0 aromatic rings. The SMILES string of the molecule is C(=C\C1C2CC3CC(C2)CC1C3)/CN1CCNCC1. The van der Waals surface area contributed by atoms with E-state index in [0.717, 1.165) is 29.6 Å². The number of piperazine rings is 1. The zero-order valence-corrected chi connectivity index (χ0v) is 12.1. The first-order chi connectivity index (χ1) is 9.38. The summed E-state index contributed by atoms with van der Waals surface area (Å²) >= 11 is 0. The van der Waals surface area contributed by atoms with Gasteiger partial charge in [0.1, 0.15) is 0 Å². The molecule has 5 rings (SSSR count). The van der Waals surface area contributed by atoms with Crippen molar-refractivity contribution in [3.05, 3.63) is 12.2 Å². The fourth-order valence-electron chi connectivity index (χ4n) is 5.54. The van der Waals surface area contributed by atoms with Gasteiger partial charge in [0.15, 0.2) is 0 Å². The Hall–Kier alpha value is -0.340. The molecule has 0 unspecified atom stereocenters. The Morgan fingerprint density at radius 3 is 2.16 bits per heavy atom. The third-order valence-electron chi connectivity index (χ3n) is 6.23. The Labute approximate surface area is 117 Å². The molecule has 0 amide bonds. The predicted octanol–water partition coefficient (Wildman–Crippen LogP) is 2.52. The summed E-state index contributed by atoms with van der Waals surface area (Å²) in [4.78, 5) is 2.59. The van der Waals surface area contributed by atoms with Gasteiger partial charge in [-0.2, -0.15) is 0 Å². The van der Waals surface area contributed by atoms with Gasteiger partial charge < -0.3 is 5.32 Å². The number of hydrogen-bond acceptors (Lipinski definition) is 2. The summed E-state index contributed by atoms with van der Waals surface area (Å²) in [6, 6.07) is 0. The van der Waals surface area contributed by atoms with Crippen molar-refractivity contribution < 1.29 is 0 Å². The minimum Gasteiger partial charge on any atom is -0.314 e. The molecule has 1 aliphatic heterocycles. The largest absolute Gasteiger partial charge is 0.314 e. The van der Waals surface area contributed by atoms with Crippen LogP contribution in [-0.2, 0) is 0 Å². The van der Waals surface area contributed by atoms with Crippen molar-refractivity contribution in [3.63, 3.8) is 0 Å². The molecule has 4 saturated carbocycles. The smallest absolute Gasteiger partial charge is 0.0164 e. The van der Waals surface area contributed by atoms with Gasteiger partial charge in [-0.05, 0) is 61.7 Å². The Bertz CT molecular complexity index is 315. The normalized spacial score (nSPS) is 46.2. The maximum absolute atomic E-state index is 3.43. The lowest BCUT2D eigenvalue weighted by atomic mass is 9.52. The third-order valence-corrected chi connectivity index (χ3v) is 6.23. The van der Waals surface area contributed by atoms with E-state index in [1.165, 1.54) is 32.7 Å². The van der Waals surface area contributed by atoms with E-state index in [-0.39, 0.29) is 0 Å². The van der Waals surface area contributed by atoms with Gasteiger partial charge in [0.2, 0.25) is 0 Å². The maximum atomic E-state index is 3.43. The minimum absolute atomic E-state index is 0.940. The Kier molecular flexibility index (Phi) is 3.40. The van der Waals surface area contributed by atoms with Crippen LogP contribution < -0.4 is 5.32 Å². The summed E-state index contributed by atoms with van der Waals surface area (Å²) in [6.07, 6.45) is 12.9. The standard InChI is InChI=1S/C17H28N2/c1(5-19-6-3-18-4-7-19)2-17-15-9-13-8-14(11-15)12-16(17)10-13/h1-2,13-18H,3-12H2/b2-1+. The van der Waals surface area contributed by atoms with Crippen LogP contribution in [0.4, 0.5) is 0 Å². The van der Waals surface area contributed by atoms with E-state index in [1.807, 2.05) is 0 Å². The van der Waals surface area contributed by atoms with E-state index in [2.05, 4.69) is 22.4 Å². The molecule has 5 fully saturated rings. The Morgan fingerprint density at radius 2 is 1.53 bits per heavy atom. The maximum Gasteiger partial charge on any atom is 0.0164 e. The first kappa shape index (κ1) is 12.4. The van der Waals surface area contributed by atoms with Gasteiger partial charge in [-0.1, -0.05) is 12.2 Å². The minimum atomic E-state index is 0.940. The van der Waals surface area contributed by atoms with Crippen LogP contribution in [0.15, 0.2) is 12.2 Å². The molecule has 0 spiro atoms. The van der Waals surface area contributed by atoms with Crippen molar-refractivity contribution in [2.24, 2.45) is 29.6 Å². The second-order valence-electron chi connectivity index (χ2n) is 7.49.